The number of primary amides is 1. The third-order valence-electron chi connectivity index (χ3n) is 5.39. The molecule has 0 bridgehead atoms. The lowest BCUT2D eigenvalue weighted by Crippen LogP contribution is -2.22. The van der Waals surface area contributed by atoms with E-state index in [2.05, 4.69) is 20.5 Å². The van der Waals surface area contributed by atoms with Crippen LogP contribution in [0.5, 0.6) is 0 Å². The molecule has 9 nitrogen and oxygen atoms in total. The van der Waals surface area contributed by atoms with E-state index in [1.165, 1.54) is 11.6 Å². The molecule has 0 saturated heterocycles. The molecule has 4 rings (SSSR count). The summed E-state index contributed by atoms with van der Waals surface area (Å²) in [5, 5.41) is 9.57. The molecule has 4 heterocycles. The van der Waals surface area contributed by atoms with E-state index in [-0.39, 0.29) is 32.0 Å². The highest BCUT2D eigenvalue weighted by Gasteiger charge is 2.38. The van der Waals surface area contributed by atoms with Crippen LogP contribution < -0.4 is 11.1 Å². The molecule has 0 unspecified atom stereocenters. The van der Waals surface area contributed by atoms with Crippen LogP contribution in [0.15, 0.2) is 12.3 Å². The number of fused-ring (bicyclic) bond motifs is 1. The molecule has 0 fully saturated rings. The van der Waals surface area contributed by atoms with Gasteiger partial charge in [0.25, 0.3) is 12.3 Å². The van der Waals surface area contributed by atoms with Gasteiger partial charge in [-0.1, -0.05) is 11.6 Å². The Kier molecular flexibility index (Phi) is 6.71. The van der Waals surface area contributed by atoms with Crippen molar-refractivity contribution < 1.29 is 31.5 Å². The topological polar surface area (TPSA) is 121 Å². The molecule has 0 aromatic carbocycles. The van der Waals surface area contributed by atoms with Crippen molar-refractivity contribution >= 4 is 50.7 Å². The molecule has 4 aromatic heterocycles. The Hall–Kier alpha value is -3.59. The molecule has 37 heavy (non-hydrogen) atoms. The molecule has 0 saturated carbocycles. The largest absolute Gasteiger partial charge is 0.436 e. The number of hydrogen-bond donors (Lipinski definition) is 2. The fourth-order valence-electron chi connectivity index (χ4n) is 3.77. The molecule has 0 spiro atoms. The minimum absolute atomic E-state index is 0.00201. The van der Waals surface area contributed by atoms with Crippen molar-refractivity contribution in [3.63, 3.8) is 0 Å². The van der Waals surface area contributed by atoms with Crippen LogP contribution in [-0.4, -0.2) is 36.4 Å². The number of carbonyl (C=O) groups excluding carboxylic acids is 2. The van der Waals surface area contributed by atoms with Crippen molar-refractivity contribution in [2.45, 2.75) is 33.0 Å². The fourth-order valence-corrected chi connectivity index (χ4v) is 5.03. The molecule has 4 aromatic rings. The summed E-state index contributed by atoms with van der Waals surface area (Å²) in [6.07, 6.45) is -6.20. The predicted molar refractivity (Wildman–Crippen MR) is 126 cm³/mol. The molecule has 0 aliphatic rings. The van der Waals surface area contributed by atoms with Crippen LogP contribution in [0, 0.1) is 13.8 Å². The summed E-state index contributed by atoms with van der Waals surface area (Å²) >= 11 is 6.44. The minimum atomic E-state index is -4.84. The van der Waals surface area contributed by atoms with Crippen molar-refractivity contribution in [2.75, 3.05) is 5.32 Å². The number of halogens is 6. The molecule has 0 aliphatic carbocycles. The number of carbonyl (C=O) groups is 2. The number of aryl methyl sites for hydroxylation is 2. The first-order valence-electron chi connectivity index (χ1n) is 10.3. The lowest BCUT2D eigenvalue weighted by atomic mass is 10.0. The lowest BCUT2D eigenvalue weighted by molar-refractivity contribution is -0.141. The number of hydrogen-bond acceptors (Lipinski definition) is 6. The fraction of sp³-hybridized carbons (Fsp3) is 0.286. The Balaban J connectivity index is 1.84. The van der Waals surface area contributed by atoms with Crippen molar-refractivity contribution in [3.05, 3.63) is 44.9 Å². The van der Waals surface area contributed by atoms with Gasteiger partial charge in [-0.15, -0.1) is 11.3 Å². The average Bonchev–Trinajstić information content (AvgIpc) is 3.41. The normalized spacial score (nSPS) is 12.1. The van der Waals surface area contributed by atoms with Crippen LogP contribution in [0.4, 0.5) is 27.6 Å². The van der Waals surface area contributed by atoms with E-state index < -0.39 is 47.4 Å². The first kappa shape index (κ1) is 26.5. The number of amides is 2. The Bertz CT molecular complexity index is 1560. The van der Waals surface area contributed by atoms with Gasteiger partial charge in [0.2, 0.25) is 5.91 Å². The molecule has 0 aliphatic heterocycles. The number of aromatic nitrogens is 5. The van der Waals surface area contributed by atoms with Gasteiger partial charge in [-0.3, -0.25) is 19.0 Å². The summed E-state index contributed by atoms with van der Waals surface area (Å²) < 4.78 is 68.9. The molecule has 2 amide bonds. The monoisotopic (exact) mass is 561 g/mol. The number of nitrogens with one attached hydrogen (secondary N) is 1. The number of rotatable bonds is 6. The highest BCUT2D eigenvalue weighted by atomic mass is 35.5. The van der Waals surface area contributed by atoms with Crippen LogP contribution >= 0.6 is 22.9 Å². The molecule has 196 valence electrons. The third kappa shape index (κ3) is 4.87. The van der Waals surface area contributed by atoms with Gasteiger partial charge in [0.05, 0.1) is 22.1 Å². The van der Waals surface area contributed by atoms with E-state index >= 15 is 0 Å². The Morgan fingerprint density at radius 1 is 1.22 bits per heavy atom. The van der Waals surface area contributed by atoms with E-state index in [0.29, 0.717) is 22.6 Å². The van der Waals surface area contributed by atoms with Gasteiger partial charge in [0, 0.05) is 24.2 Å². The van der Waals surface area contributed by atoms with E-state index in [0.717, 1.165) is 10.7 Å². The lowest BCUT2D eigenvalue weighted by Gasteiger charge is -2.11. The van der Waals surface area contributed by atoms with Gasteiger partial charge in [-0.2, -0.15) is 23.4 Å². The minimum Gasteiger partial charge on any atom is -0.365 e. The van der Waals surface area contributed by atoms with Crippen molar-refractivity contribution in [1.29, 1.82) is 0 Å². The summed E-state index contributed by atoms with van der Waals surface area (Å²) in [5.74, 6) is -1.84. The van der Waals surface area contributed by atoms with Gasteiger partial charge in [-0.05, 0) is 25.5 Å². The molecular formula is C21H17ClF5N7O2S. The first-order chi connectivity index (χ1) is 17.2. The Labute approximate surface area is 214 Å². The van der Waals surface area contributed by atoms with Crippen LogP contribution in [-0.2, 0) is 24.6 Å². The second-order valence-corrected chi connectivity index (χ2v) is 9.38. The van der Waals surface area contributed by atoms with E-state index in [1.54, 1.807) is 20.2 Å². The number of thiophene rings is 1. The third-order valence-corrected chi connectivity index (χ3v) is 6.94. The van der Waals surface area contributed by atoms with Gasteiger partial charge in [-0.25, -0.2) is 13.8 Å². The number of alkyl halides is 5. The number of nitrogens with zero attached hydrogens (tertiary/aromatic N) is 5. The maximum absolute atomic E-state index is 13.6. The SMILES string of the molecule is Cc1nn(C)cc1-c1cc(C(F)F)nc2sc(C(N)=O)c(NC(=O)Cn3nc(C(F)(F)F)c(Cl)c3C)c12. The molecule has 0 atom stereocenters. The standard InChI is InChI=1S/C21H17ClF5N7O2S/c1-7-10(5-33(3)31-7)9-4-11(18(23)24)29-20-13(9)15(16(37-20)19(28)36)30-12(35)6-34-8(2)14(22)17(32-34)21(25,26)27/h4-5,18H,6H2,1-3H3,(H2,28,36)(H,30,35). The highest BCUT2D eigenvalue weighted by molar-refractivity contribution is 7.21. The van der Waals surface area contributed by atoms with Crippen LogP contribution in [0.1, 0.15) is 38.9 Å². The predicted octanol–water partition coefficient (Wildman–Crippen LogP) is 4.86. The quantitative estimate of drug-likeness (QED) is 0.326. The van der Waals surface area contributed by atoms with Crippen molar-refractivity contribution in [3.8, 4) is 11.1 Å². The Morgan fingerprint density at radius 3 is 2.41 bits per heavy atom. The van der Waals surface area contributed by atoms with Gasteiger partial charge >= 0.3 is 6.18 Å². The molecule has 16 heteroatoms. The van der Waals surface area contributed by atoms with Gasteiger partial charge in [0.15, 0.2) is 5.69 Å². The summed E-state index contributed by atoms with van der Waals surface area (Å²) in [7, 11) is 1.63. The second-order valence-electron chi connectivity index (χ2n) is 8.00. The van der Waals surface area contributed by atoms with Gasteiger partial charge in [0.1, 0.15) is 21.9 Å². The molecule has 0 radical (unpaired) electrons. The average molecular weight is 562 g/mol. The van der Waals surface area contributed by atoms with E-state index in [9.17, 15) is 31.5 Å². The summed E-state index contributed by atoms with van der Waals surface area (Å²) in [5.41, 5.74) is 4.47. The number of anilines is 1. The van der Waals surface area contributed by atoms with Crippen LogP contribution in [0.25, 0.3) is 21.3 Å². The Morgan fingerprint density at radius 2 is 1.89 bits per heavy atom. The second kappa shape index (κ2) is 9.37. The first-order valence-corrected chi connectivity index (χ1v) is 11.5. The zero-order valence-corrected chi connectivity index (χ0v) is 20.8. The van der Waals surface area contributed by atoms with Crippen molar-refractivity contribution in [1.82, 2.24) is 24.5 Å². The van der Waals surface area contributed by atoms with Crippen LogP contribution in [0.2, 0.25) is 5.02 Å². The van der Waals surface area contributed by atoms with Gasteiger partial charge < -0.3 is 11.1 Å². The zero-order chi connectivity index (χ0) is 27.4. The maximum atomic E-state index is 13.6. The highest BCUT2D eigenvalue weighted by Crippen LogP contribution is 2.43. The number of nitrogens with two attached hydrogens (primary N) is 1. The van der Waals surface area contributed by atoms with Crippen molar-refractivity contribution in [2.24, 2.45) is 12.8 Å². The van der Waals surface area contributed by atoms with E-state index in [1.807, 2.05) is 0 Å². The maximum Gasteiger partial charge on any atom is 0.436 e. The molecular weight excluding hydrogens is 545 g/mol. The smallest absolute Gasteiger partial charge is 0.365 e. The summed E-state index contributed by atoms with van der Waals surface area (Å²) in [4.78, 5) is 28.9. The van der Waals surface area contributed by atoms with Crippen LogP contribution in [0.3, 0.4) is 0 Å². The molecule has 3 N–H and O–H groups in total. The zero-order valence-electron chi connectivity index (χ0n) is 19.2. The summed E-state index contributed by atoms with van der Waals surface area (Å²) in [6.45, 7) is 2.21. The van der Waals surface area contributed by atoms with E-state index in [4.69, 9.17) is 17.3 Å². The summed E-state index contributed by atoms with van der Waals surface area (Å²) in [6, 6.07) is 1.12. The number of pyridine rings is 1.